The topological polar surface area (TPSA) is 41.1 Å². The van der Waals surface area contributed by atoms with E-state index >= 15 is 0 Å². The first kappa shape index (κ1) is 21.4. The second-order valence-corrected chi connectivity index (χ2v) is 10.1. The van der Waals surface area contributed by atoms with Crippen molar-refractivity contribution in [2.75, 3.05) is 10.6 Å². The Morgan fingerprint density at radius 1 is 0.848 bits per heavy atom. The van der Waals surface area contributed by atoms with Crippen molar-refractivity contribution in [1.82, 2.24) is 0 Å². The van der Waals surface area contributed by atoms with Crippen LogP contribution in [0.15, 0.2) is 84.1 Å². The molecule has 168 valence electrons. The maximum absolute atomic E-state index is 14.1. The summed E-state index contributed by atoms with van der Waals surface area (Å²) in [5, 5.41) is 7.05. The summed E-state index contributed by atoms with van der Waals surface area (Å²) in [6.45, 7) is 6.61. The second kappa shape index (κ2) is 8.18. The van der Waals surface area contributed by atoms with Gasteiger partial charge in [0.05, 0.1) is 17.4 Å². The number of nitrogens with one attached hydrogen (secondary N) is 2. The molecule has 1 aliphatic carbocycles. The zero-order valence-corrected chi connectivity index (χ0v) is 19.3. The molecule has 4 heteroatoms. The zero-order valence-electron chi connectivity index (χ0n) is 19.3. The first-order chi connectivity index (χ1) is 15.8. The molecule has 2 unspecified atom stereocenters. The fraction of sp³-hybridized carbons (Fsp3) is 0.276. The highest BCUT2D eigenvalue weighted by Gasteiger charge is 2.36. The number of benzene rings is 3. The molecule has 1 aliphatic heterocycles. The summed E-state index contributed by atoms with van der Waals surface area (Å²) in [6, 6.07) is 22.7. The molecule has 0 aromatic heterocycles. The first-order valence-electron chi connectivity index (χ1n) is 11.5. The third-order valence-corrected chi connectivity index (χ3v) is 6.74. The molecular formula is C29H29FN2O. The number of hydrogen-bond acceptors (Lipinski definition) is 3. The summed E-state index contributed by atoms with van der Waals surface area (Å²) in [6.07, 6.45) is 1.18. The van der Waals surface area contributed by atoms with Gasteiger partial charge in [0.2, 0.25) is 0 Å². The molecule has 3 aromatic rings. The number of hydrogen-bond donors (Lipinski definition) is 2. The third-order valence-electron chi connectivity index (χ3n) is 6.74. The number of Topliss-reactive ketones (excluding diaryl/α,β-unsaturated/α-hetero) is 1. The molecule has 0 amide bonds. The minimum absolute atomic E-state index is 0.0903. The van der Waals surface area contributed by atoms with E-state index in [0.717, 1.165) is 29.1 Å². The lowest BCUT2D eigenvalue weighted by Gasteiger charge is -2.30. The smallest absolute Gasteiger partial charge is 0.163 e. The van der Waals surface area contributed by atoms with Crippen LogP contribution in [-0.2, 0) is 10.2 Å². The highest BCUT2D eigenvalue weighted by atomic mass is 19.1. The van der Waals surface area contributed by atoms with Crippen molar-refractivity contribution in [3.63, 3.8) is 0 Å². The number of allylic oxidation sites excluding steroid dienone is 1. The highest BCUT2D eigenvalue weighted by Crippen LogP contribution is 2.44. The lowest BCUT2D eigenvalue weighted by atomic mass is 9.77. The Balaban J connectivity index is 1.55. The van der Waals surface area contributed by atoms with E-state index in [1.54, 1.807) is 6.07 Å². The van der Waals surface area contributed by atoms with Crippen molar-refractivity contribution >= 4 is 17.2 Å². The van der Waals surface area contributed by atoms with Crippen LogP contribution in [0.3, 0.4) is 0 Å². The molecule has 1 heterocycles. The van der Waals surface area contributed by atoms with Gasteiger partial charge < -0.3 is 10.6 Å². The lowest BCUT2D eigenvalue weighted by molar-refractivity contribution is -0.116. The predicted molar refractivity (Wildman–Crippen MR) is 132 cm³/mol. The summed E-state index contributed by atoms with van der Waals surface area (Å²) in [4.78, 5) is 13.6. The van der Waals surface area contributed by atoms with Gasteiger partial charge in [0.25, 0.3) is 0 Å². The van der Waals surface area contributed by atoms with Crippen LogP contribution in [0.1, 0.15) is 62.3 Å². The maximum atomic E-state index is 14.1. The van der Waals surface area contributed by atoms with Gasteiger partial charge in [-0.15, -0.1) is 0 Å². The molecular weight excluding hydrogens is 411 g/mol. The molecule has 3 aromatic carbocycles. The molecule has 0 bridgehead atoms. The van der Waals surface area contributed by atoms with Crippen LogP contribution >= 0.6 is 0 Å². The molecule has 0 radical (unpaired) electrons. The second-order valence-electron chi connectivity index (χ2n) is 10.1. The number of anilines is 2. The van der Waals surface area contributed by atoms with Gasteiger partial charge in [-0.3, -0.25) is 4.79 Å². The maximum Gasteiger partial charge on any atom is 0.163 e. The Morgan fingerprint density at radius 3 is 2.27 bits per heavy atom. The summed E-state index contributed by atoms with van der Waals surface area (Å²) in [5.74, 6) is -0.0959. The molecule has 3 nitrogen and oxygen atoms in total. The molecule has 0 spiro atoms. The van der Waals surface area contributed by atoms with Gasteiger partial charge in [0.1, 0.15) is 5.82 Å². The van der Waals surface area contributed by atoms with Gasteiger partial charge >= 0.3 is 0 Å². The van der Waals surface area contributed by atoms with Gasteiger partial charge in [0, 0.05) is 17.7 Å². The Bertz CT molecular complexity index is 1240. The quantitative estimate of drug-likeness (QED) is 0.446. The Labute approximate surface area is 194 Å². The van der Waals surface area contributed by atoms with Crippen molar-refractivity contribution in [3.8, 4) is 0 Å². The van der Waals surface area contributed by atoms with Crippen molar-refractivity contribution in [1.29, 1.82) is 0 Å². The number of carbonyl (C=O) groups excluding carboxylic acids is 1. The van der Waals surface area contributed by atoms with Crippen LogP contribution in [0.5, 0.6) is 0 Å². The van der Waals surface area contributed by atoms with E-state index in [4.69, 9.17) is 0 Å². The molecule has 2 N–H and O–H groups in total. The lowest BCUT2D eigenvalue weighted by Crippen LogP contribution is -2.27. The SMILES string of the molecule is CC(C)(C)c1ccc(C2CC(=O)C3=C(C2)Nc2ccccc2NC3c2cccc(F)c2)cc1. The van der Waals surface area contributed by atoms with E-state index in [9.17, 15) is 9.18 Å². The number of halogens is 1. The van der Waals surface area contributed by atoms with Crippen LogP contribution in [-0.4, -0.2) is 5.78 Å². The monoisotopic (exact) mass is 440 g/mol. The van der Waals surface area contributed by atoms with Crippen molar-refractivity contribution in [2.24, 2.45) is 0 Å². The number of para-hydroxylation sites is 2. The van der Waals surface area contributed by atoms with Crippen molar-refractivity contribution < 1.29 is 9.18 Å². The zero-order chi connectivity index (χ0) is 23.2. The van der Waals surface area contributed by atoms with Gasteiger partial charge in [-0.25, -0.2) is 4.39 Å². The number of carbonyl (C=O) groups is 1. The van der Waals surface area contributed by atoms with E-state index in [1.165, 1.54) is 23.3 Å². The summed E-state index contributed by atoms with van der Waals surface area (Å²) in [5.41, 5.74) is 6.76. The van der Waals surface area contributed by atoms with Crippen molar-refractivity contribution in [2.45, 2.75) is 51.0 Å². The average Bonchev–Trinajstić information content (AvgIpc) is 2.95. The molecule has 0 saturated heterocycles. The van der Waals surface area contributed by atoms with Crippen LogP contribution in [0, 0.1) is 5.82 Å². The van der Waals surface area contributed by atoms with Crippen LogP contribution in [0.2, 0.25) is 0 Å². The molecule has 2 atom stereocenters. The first-order valence-corrected chi connectivity index (χ1v) is 11.5. The molecule has 5 rings (SSSR count). The molecule has 33 heavy (non-hydrogen) atoms. The average molecular weight is 441 g/mol. The van der Waals surface area contributed by atoms with Gasteiger partial charge in [-0.1, -0.05) is 69.3 Å². The molecule has 2 aliphatic rings. The summed E-state index contributed by atoms with van der Waals surface area (Å²) in [7, 11) is 0. The summed E-state index contributed by atoms with van der Waals surface area (Å²) < 4.78 is 14.1. The fourth-order valence-electron chi connectivity index (χ4n) is 4.92. The number of fused-ring (bicyclic) bond motifs is 1. The van der Waals surface area contributed by atoms with Crippen LogP contribution in [0.25, 0.3) is 0 Å². The minimum Gasteiger partial charge on any atom is -0.372 e. The van der Waals surface area contributed by atoms with E-state index in [2.05, 4.69) is 55.7 Å². The van der Waals surface area contributed by atoms with Crippen LogP contribution < -0.4 is 10.6 Å². The third kappa shape index (κ3) is 4.18. The molecule has 0 fully saturated rings. The minimum atomic E-state index is -0.399. The normalized spacial score (nSPS) is 20.3. The molecule has 0 saturated carbocycles. The standard InChI is InChI=1S/C29H29FN2O/c1-29(2,3)21-13-11-18(12-14-21)20-16-25-27(26(33)17-20)28(19-7-6-8-22(30)15-19)32-24-10-5-4-9-23(24)31-25/h4-15,20,28,31-32H,16-17H2,1-3H3. The van der Waals surface area contributed by atoms with Crippen molar-refractivity contribution in [3.05, 3.63) is 107 Å². The predicted octanol–water partition coefficient (Wildman–Crippen LogP) is 7.10. The van der Waals surface area contributed by atoms with Gasteiger partial charge in [0.15, 0.2) is 5.78 Å². The van der Waals surface area contributed by atoms with Crippen LogP contribution in [0.4, 0.5) is 15.8 Å². The fourth-order valence-corrected chi connectivity index (χ4v) is 4.92. The van der Waals surface area contributed by atoms with E-state index < -0.39 is 6.04 Å². The highest BCUT2D eigenvalue weighted by molar-refractivity contribution is 6.01. The largest absolute Gasteiger partial charge is 0.372 e. The van der Waals surface area contributed by atoms with E-state index in [0.29, 0.717) is 12.0 Å². The van der Waals surface area contributed by atoms with Gasteiger partial charge in [-0.2, -0.15) is 0 Å². The Morgan fingerprint density at radius 2 is 1.58 bits per heavy atom. The summed E-state index contributed by atoms with van der Waals surface area (Å²) >= 11 is 0. The Kier molecular flexibility index (Phi) is 5.32. The Hall–Kier alpha value is -3.40. The van der Waals surface area contributed by atoms with Gasteiger partial charge in [-0.05, 0) is 58.7 Å². The van der Waals surface area contributed by atoms with E-state index in [1.807, 2.05) is 30.3 Å². The number of rotatable bonds is 2. The van der Waals surface area contributed by atoms with E-state index in [-0.39, 0.29) is 22.9 Å². The number of ketones is 1.